The van der Waals surface area contributed by atoms with Gasteiger partial charge in [0.05, 0.1) is 11.5 Å². The number of non-ortho nitro benzene ring substituents is 1. The summed E-state index contributed by atoms with van der Waals surface area (Å²) in [6.07, 6.45) is 0.632. The van der Waals surface area contributed by atoms with Gasteiger partial charge >= 0.3 is 0 Å². The average molecular weight is 495 g/mol. The average Bonchev–Trinajstić information content (AvgIpc) is 3.22. The van der Waals surface area contributed by atoms with Crippen molar-refractivity contribution in [2.24, 2.45) is 0 Å². The molecule has 2 heterocycles. The van der Waals surface area contributed by atoms with Gasteiger partial charge < -0.3 is 15.0 Å². The summed E-state index contributed by atoms with van der Waals surface area (Å²) < 4.78 is 6.18. The lowest BCUT2D eigenvalue weighted by Gasteiger charge is -2.44. The van der Waals surface area contributed by atoms with Crippen LogP contribution in [0.2, 0.25) is 0 Å². The number of ether oxygens (including phenoxy) is 1. The first-order valence-electron chi connectivity index (χ1n) is 12.0. The Kier molecular flexibility index (Phi) is 7.07. The maximum atomic E-state index is 13.7. The molecular weight excluding hydrogens is 464 g/mol. The van der Waals surface area contributed by atoms with Gasteiger partial charge in [0, 0.05) is 55.2 Å². The Morgan fingerprint density at radius 3 is 2.33 bits per heavy atom. The van der Waals surface area contributed by atoms with Crippen LogP contribution in [0.15, 0.2) is 48.5 Å². The molecule has 0 aromatic heterocycles. The van der Waals surface area contributed by atoms with Crippen molar-refractivity contribution in [1.82, 2.24) is 15.1 Å². The minimum absolute atomic E-state index is 0.0645. The molecule has 0 unspecified atom stereocenters. The Hall–Kier alpha value is -3.79. The second-order valence-electron chi connectivity index (χ2n) is 9.58. The summed E-state index contributed by atoms with van der Waals surface area (Å²) in [4.78, 5) is 53.5. The quantitative estimate of drug-likeness (QED) is 0.504. The summed E-state index contributed by atoms with van der Waals surface area (Å²) in [6.45, 7) is 6.26. The van der Waals surface area contributed by atoms with Crippen LogP contribution >= 0.6 is 0 Å². The fraction of sp³-hybridized carbons (Fsp3) is 0.423. The number of carbonyl (C=O) groups excluding carboxylic acids is 3. The molecule has 2 aromatic carbocycles. The van der Waals surface area contributed by atoms with Gasteiger partial charge in [0.1, 0.15) is 11.8 Å². The highest BCUT2D eigenvalue weighted by molar-refractivity contribution is 5.99. The van der Waals surface area contributed by atoms with Crippen LogP contribution in [0.4, 0.5) is 5.69 Å². The molecule has 0 aliphatic carbocycles. The van der Waals surface area contributed by atoms with Gasteiger partial charge in [0.2, 0.25) is 5.91 Å². The Labute approximate surface area is 209 Å². The zero-order valence-corrected chi connectivity index (χ0v) is 20.6. The number of benzene rings is 2. The van der Waals surface area contributed by atoms with Crippen molar-refractivity contribution in [3.05, 3.63) is 75.3 Å². The summed E-state index contributed by atoms with van der Waals surface area (Å²) in [5.41, 5.74) is 0.529. The maximum Gasteiger partial charge on any atom is 0.270 e. The molecule has 4 rings (SSSR count). The summed E-state index contributed by atoms with van der Waals surface area (Å²) in [5, 5.41) is 14.0. The molecule has 2 saturated heterocycles. The summed E-state index contributed by atoms with van der Waals surface area (Å²) >= 11 is 0. The molecule has 2 aliphatic rings. The van der Waals surface area contributed by atoms with Crippen LogP contribution < -0.4 is 5.32 Å². The highest BCUT2D eigenvalue weighted by Crippen LogP contribution is 2.39. The molecule has 190 valence electrons. The van der Waals surface area contributed by atoms with E-state index in [-0.39, 0.29) is 54.7 Å². The number of piperidine rings is 1. The number of rotatable bonds is 5. The van der Waals surface area contributed by atoms with Gasteiger partial charge in [0.25, 0.3) is 17.5 Å². The van der Waals surface area contributed by atoms with Gasteiger partial charge in [-0.3, -0.25) is 29.4 Å². The highest BCUT2D eigenvalue weighted by atomic mass is 16.6. The Morgan fingerprint density at radius 1 is 1.06 bits per heavy atom. The third-order valence-corrected chi connectivity index (χ3v) is 6.65. The Balaban J connectivity index is 1.57. The minimum atomic E-state index is -1.03. The number of nitrogens with one attached hydrogen (secondary N) is 1. The predicted molar refractivity (Wildman–Crippen MR) is 131 cm³/mol. The lowest BCUT2D eigenvalue weighted by Crippen LogP contribution is -2.60. The molecule has 2 aromatic rings. The topological polar surface area (TPSA) is 122 Å². The van der Waals surface area contributed by atoms with Crippen molar-refractivity contribution in [2.45, 2.75) is 51.4 Å². The van der Waals surface area contributed by atoms with Gasteiger partial charge in [-0.15, -0.1) is 0 Å². The van der Waals surface area contributed by atoms with Crippen LogP contribution in [0.3, 0.4) is 0 Å². The van der Waals surface area contributed by atoms with Crippen molar-refractivity contribution in [1.29, 1.82) is 0 Å². The minimum Gasteiger partial charge on any atom is -0.353 e. The second kappa shape index (κ2) is 10.1. The van der Waals surface area contributed by atoms with E-state index in [2.05, 4.69) is 5.32 Å². The number of carbonyl (C=O) groups is 3. The summed E-state index contributed by atoms with van der Waals surface area (Å²) in [5.74, 6) is -0.899. The Morgan fingerprint density at radius 2 is 1.72 bits per heavy atom. The smallest absolute Gasteiger partial charge is 0.270 e. The van der Waals surface area contributed by atoms with Crippen LogP contribution in [0, 0.1) is 17.0 Å². The second-order valence-corrected chi connectivity index (χ2v) is 9.58. The molecule has 36 heavy (non-hydrogen) atoms. The first-order valence-corrected chi connectivity index (χ1v) is 12.0. The standard InChI is InChI=1S/C26H30N4O6/c1-17(2)27-23(31)22-16-36-26(29(22)25(33)19-9-7-18(3)8-10-19)11-13-28(14-12-26)24(32)20-5-4-6-21(15-20)30(34)35/h4-10,15,17,22H,11-14,16H2,1-3H3,(H,27,31)/t22-/m0/s1. The molecule has 2 aliphatic heterocycles. The van der Waals surface area contributed by atoms with E-state index in [1.807, 2.05) is 32.9 Å². The van der Waals surface area contributed by atoms with Gasteiger partial charge in [0.15, 0.2) is 0 Å². The molecule has 0 bridgehead atoms. The highest BCUT2D eigenvalue weighted by Gasteiger charge is 2.54. The normalized spacial score (nSPS) is 18.9. The van der Waals surface area contributed by atoms with Crippen molar-refractivity contribution >= 4 is 23.4 Å². The molecule has 10 heteroatoms. The van der Waals surface area contributed by atoms with Crippen LogP contribution in [-0.4, -0.2) is 69.9 Å². The van der Waals surface area contributed by atoms with Gasteiger partial charge in [-0.25, -0.2) is 0 Å². The number of nitrogens with zero attached hydrogens (tertiary/aromatic N) is 3. The van der Waals surface area contributed by atoms with E-state index >= 15 is 0 Å². The van der Waals surface area contributed by atoms with E-state index in [1.54, 1.807) is 28.0 Å². The number of amides is 3. The maximum absolute atomic E-state index is 13.7. The molecule has 0 radical (unpaired) electrons. The van der Waals surface area contributed by atoms with Crippen LogP contribution in [0.5, 0.6) is 0 Å². The molecule has 2 fully saturated rings. The first kappa shape index (κ1) is 25.3. The molecule has 1 atom stereocenters. The lowest BCUT2D eigenvalue weighted by atomic mass is 9.96. The largest absolute Gasteiger partial charge is 0.353 e. The lowest BCUT2D eigenvalue weighted by molar-refractivity contribution is -0.384. The first-order chi connectivity index (χ1) is 17.1. The van der Waals surface area contributed by atoms with Gasteiger partial charge in [-0.1, -0.05) is 23.8 Å². The van der Waals surface area contributed by atoms with Crippen molar-refractivity contribution in [2.75, 3.05) is 19.7 Å². The number of aryl methyl sites for hydroxylation is 1. The zero-order chi connectivity index (χ0) is 26.0. The monoisotopic (exact) mass is 494 g/mol. The molecule has 1 spiro atoms. The number of likely N-dealkylation sites (tertiary alicyclic amines) is 1. The van der Waals surface area contributed by atoms with Crippen LogP contribution in [-0.2, 0) is 9.53 Å². The van der Waals surface area contributed by atoms with Gasteiger partial charge in [-0.2, -0.15) is 0 Å². The van der Waals surface area contributed by atoms with Crippen LogP contribution in [0.25, 0.3) is 0 Å². The molecule has 10 nitrogen and oxygen atoms in total. The number of nitro benzene ring substituents is 1. The number of nitro groups is 1. The van der Waals surface area contributed by atoms with E-state index in [4.69, 9.17) is 4.74 Å². The van der Waals surface area contributed by atoms with Crippen LogP contribution in [0.1, 0.15) is 53.0 Å². The van der Waals surface area contributed by atoms with Crippen molar-refractivity contribution in [3.8, 4) is 0 Å². The van der Waals surface area contributed by atoms with E-state index in [1.165, 1.54) is 18.2 Å². The fourth-order valence-electron chi connectivity index (χ4n) is 4.78. The van der Waals surface area contributed by atoms with E-state index < -0.39 is 16.7 Å². The van der Waals surface area contributed by atoms with E-state index in [0.717, 1.165) is 5.56 Å². The Bertz CT molecular complexity index is 1170. The SMILES string of the molecule is Cc1ccc(C(=O)N2[C@H](C(=O)NC(C)C)COC23CCN(C(=O)c2cccc([N+](=O)[O-])c2)CC3)cc1. The summed E-state index contributed by atoms with van der Waals surface area (Å²) in [7, 11) is 0. The number of hydrogen-bond donors (Lipinski definition) is 1. The van der Waals surface area contributed by atoms with Crippen molar-refractivity contribution in [3.63, 3.8) is 0 Å². The molecule has 0 saturated carbocycles. The third-order valence-electron chi connectivity index (χ3n) is 6.65. The predicted octanol–water partition coefficient (Wildman–Crippen LogP) is 2.90. The van der Waals surface area contributed by atoms with E-state index in [9.17, 15) is 24.5 Å². The summed E-state index contributed by atoms with van der Waals surface area (Å²) in [6, 6.07) is 11.9. The number of hydrogen-bond acceptors (Lipinski definition) is 6. The van der Waals surface area contributed by atoms with Gasteiger partial charge in [-0.05, 0) is 39.0 Å². The zero-order valence-electron chi connectivity index (χ0n) is 20.6. The van der Waals surface area contributed by atoms with Crippen molar-refractivity contribution < 1.29 is 24.0 Å². The fourth-order valence-corrected chi connectivity index (χ4v) is 4.78. The molecule has 1 N–H and O–H groups in total. The molecule has 3 amide bonds. The van der Waals surface area contributed by atoms with E-state index in [0.29, 0.717) is 18.4 Å². The molecular formula is C26H30N4O6. The third kappa shape index (κ3) is 4.94.